The fourth-order valence-electron chi connectivity index (χ4n) is 1.40. The van der Waals surface area contributed by atoms with Gasteiger partial charge in [-0.2, -0.15) is 5.10 Å². The molecule has 1 N–H and O–H groups in total. The second-order valence-corrected chi connectivity index (χ2v) is 3.95. The molecule has 4 heteroatoms. The maximum atomic E-state index is 5.96. The summed E-state index contributed by atoms with van der Waals surface area (Å²) in [7, 11) is 1.93. The van der Waals surface area contributed by atoms with Crippen molar-refractivity contribution in [1.82, 2.24) is 15.1 Å². The molecule has 1 aliphatic rings. The molecule has 1 aromatic heterocycles. The van der Waals surface area contributed by atoms with Crippen molar-refractivity contribution in [1.29, 1.82) is 0 Å². The Balaban J connectivity index is 1.84. The van der Waals surface area contributed by atoms with E-state index in [1.54, 1.807) is 6.20 Å². The summed E-state index contributed by atoms with van der Waals surface area (Å²) in [5, 5.41) is 8.31. The van der Waals surface area contributed by atoms with Gasteiger partial charge >= 0.3 is 0 Å². The minimum absolute atomic E-state index is 0.770. The standard InChI is InChI=1S/C9H14ClN3/c1-13-9(8(10)6-12-13)4-5-11-7-2-3-7/h6-7,11H,2-5H2,1H3. The van der Waals surface area contributed by atoms with E-state index in [1.165, 1.54) is 12.8 Å². The summed E-state index contributed by atoms with van der Waals surface area (Å²) in [6, 6.07) is 0.770. The molecule has 72 valence electrons. The molecule has 0 saturated heterocycles. The number of rotatable bonds is 4. The summed E-state index contributed by atoms with van der Waals surface area (Å²) < 4.78 is 1.84. The molecule has 0 radical (unpaired) electrons. The molecule has 1 aromatic rings. The molecule has 0 spiro atoms. The van der Waals surface area contributed by atoms with Gasteiger partial charge in [0.25, 0.3) is 0 Å². The van der Waals surface area contributed by atoms with Gasteiger partial charge in [-0.15, -0.1) is 0 Å². The Labute approximate surface area is 83.1 Å². The van der Waals surface area contributed by atoms with Gasteiger partial charge in [0.15, 0.2) is 0 Å². The third-order valence-corrected chi connectivity index (χ3v) is 2.70. The maximum absolute atomic E-state index is 5.96. The van der Waals surface area contributed by atoms with Crippen LogP contribution in [0.2, 0.25) is 5.02 Å². The molecule has 1 aliphatic carbocycles. The lowest BCUT2D eigenvalue weighted by Gasteiger charge is -2.03. The van der Waals surface area contributed by atoms with Crippen LogP contribution < -0.4 is 5.32 Å². The smallest absolute Gasteiger partial charge is 0.0818 e. The van der Waals surface area contributed by atoms with Crippen molar-refractivity contribution in [2.75, 3.05) is 6.54 Å². The Morgan fingerprint density at radius 2 is 2.46 bits per heavy atom. The second-order valence-electron chi connectivity index (χ2n) is 3.54. The van der Waals surface area contributed by atoms with E-state index < -0.39 is 0 Å². The summed E-state index contributed by atoms with van der Waals surface area (Å²) in [4.78, 5) is 0. The maximum Gasteiger partial charge on any atom is 0.0818 e. The van der Waals surface area contributed by atoms with Crippen LogP contribution in [-0.4, -0.2) is 22.4 Å². The first-order chi connectivity index (χ1) is 6.27. The molecular weight excluding hydrogens is 186 g/mol. The van der Waals surface area contributed by atoms with Gasteiger partial charge in [0.2, 0.25) is 0 Å². The van der Waals surface area contributed by atoms with Crippen LogP contribution in [0.5, 0.6) is 0 Å². The van der Waals surface area contributed by atoms with Gasteiger partial charge < -0.3 is 5.32 Å². The SMILES string of the molecule is Cn1ncc(Cl)c1CCNC1CC1. The van der Waals surface area contributed by atoms with Crippen molar-refractivity contribution < 1.29 is 0 Å². The van der Waals surface area contributed by atoms with E-state index in [9.17, 15) is 0 Å². The Bertz CT molecular complexity index is 272. The lowest BCUT2D eigenvalue weighted by atomic mass is 10.3. The minimum Gasteiger partial charge on any atom is -0.314 e. The van der Waals surface area contributed by atoms with Crippen LogP contribution >= 0.6 is 11.6 Å². The van der Waals surface area contributed by atoms with Crippen LogP contribution in [0.3, 0.4) is 0 Å². The third kappa shape index (κ3) is 2.23. The highest BCUT2D eigenvalue weighted by Gasteiger charge is 2.20. The molecule has 3 nitrogen and oxygen atoms in total. The van der Waals surface area contributed by atoms with E-state index in [2.05, 4.69) is 10.4 Å². The average molecular weight is 200 g/mol. The predicted octanol–water partition coefficient (Wildman–Crippen LogP) is 1.37. The number of nitrogens with one attached hydrogen (secondary N) is 1. The molecule has 1 saturated carbocycles. The quantitative estimate of drug-likeness (QED) is 0.794. The highest BCUT2D eigenvalue weighted by atomic mass is 35.5. The van der Waals surface area contributed by atoms with E-state index in [0.717, 1.165) is 29.7 Å². The molecule has 0 unspecified atom stereocenters. The lowest BCUT2D eigenvalue weighted by Crippen LogP contribution is -2.20. The van der Waals surface area contributed by atoms with Crippen molar-refractivity contribution >= 4 is 11.6 Å². The fourth-order valence-corrected chi connectivity index (χ4v) is 1.66. The Morgan fingerprint density at radius 3 is 3.00 bits per heavy atom. The zero-order valence-corrected chi connectivity index (χ0v) is 8.51. The van der Waals surface area contributed by atoms with Gasteiger partial charge in [0, 0.05) is 26.1 Å². The van der Waals surface area contributed by atoms with Gasteiger partial charge in [-0.05, 0) is 12.8 Å². The van der Waals surface area contributed by atoms with Gasteiger partial charge in [0.05, 0.1) is 16.9 Å². The average Bonchev–Trinajstić information content (AvgIpc) is 2.86. The van der Waals surface area contributed by atoms with Crippen LogP contribution in [0.25, 0.3) is 0 Å². The monoisotopic (exact) mass is 199 g/mol. The van der Waals surface area contributed by atoms with E-state index >= 15 is 0 Å². The molecule has 1 fully saturated rings. The lowest BCUT2D eigenvalue weighted by molar-refractivity contribution is 0.640. The van der Waals surface area contributed by atoms with Crippen molar-refractivity contribution in [3.63, 3.8) is 0 Å². The number of nitrogens with zero attached hydrogens (tertiary/aromatic N) is 2. The van der Waals surface area contributed by atoms with E-state index in [-0.39, 0.29) is 0 Å². The van der Waals surface area contributed by atoms with Crippen LogP contribution in [0.15, 0.2) is 6.20 Å². The molecule has 0 atom stereocenters. The van der Waals surface area contributed by atoms with Crippen molar-refractivity contribution in [3.05, 3.63) is 16.9 Å². The highest BCUT2D eigenvalue weighted by molar-refractivity contribution is 6.31. The van der Waals surface area contributed by atoms with Crippen molar-refractivity contribution in [2.24, 2.45) is 7.05 Å². The first kappa shape index (κ1) is 9.03. The zero-order valence-electron chi connectivity index (χ0n) is 7.76. The first-order valence-electron chi connectivity index (χ1n) is 4.67. The normalized spacial score (nSPS) is 16.5. The Kier molecular flexibility index (Phi) is 2.56. The van der Waals surface area contributed by atoms with Crippen LogP contribution in [0, 0.1) is 0 Å². The largest absolute Gasteiger partial charge is 0.314 e. The summed E-state index contributed by atoms with van der Waals surface area (Å²) >= 11 is 5.96. The highest BCUT2D eigenvalue weighted by Crippen LogP contribution is 2.19. The molecule has 1 heterocycles. The van der Waals surface area contributed by atoms with E-state index in [4.69, 9.17) is 11.6 Å². The molecule has 0 bridgehead atoms. The van der Waals surface area contributed by atoms with E-state index in [1.807, 2.05) is 11.7 Å². The first-order valence-corrected chi connectivity index (χ1v) is 5.05. The van der Waals surface area contributed by atoms with E-state index in [0.29, 0.717) is 0 Å². The number of hydrogen-bond donors (Lipinski definition) is 1. The summed E-state index contributed by atoms with van der Waals surface area (Å²) in [5.74, 6) is 0. The molecule has 0 aromatic carbocycles. The van der Waals surface area contributed by atoms with Gasteiger partial charge in [0.1, 0.15) is 0 Å². The third-order valence-electron chi connectivity index (χ3n) is 2.38. The molecular formula is C9H14ClN3. The summed E-state index contributed by atoms with van der Waals surface area (Å²) in [5.41, 5.74) is 1.12. The molecule has 13 heavy (non-hydrogen) atoms. The Hall–Kier alpha value is -0.540. The minimum atomic E-state index is 0.770. The van der Waals surface area contributed by atoms with Gasteiger partial charge in [-0.25, -0.2) is 0 Å². The van der Waals surface area contributed by atoms with Crippen LogP contribution in [0.4, 0.5) is 0 Å². The summed E-state index contributed by atoms with van der Waals surface area (Å²) in [6.45, 7) is 1.00. The molecule has 0 amide bonds. The van der Waals surface area contributed by atoms with Gasteiger partial charge in [-0.1, -0.05) is 11.6 Å². The number of aromatic nitrogens is 2. The molecule has 0 aliphatic heterocycles. The van der Waals surface area contributed by atoms with Crippen LogP contribution in [0.1, 0.15) is 18.5 Å². The fraction of sp³-hybridized carbons (Fsp3) is 0.667. The Morgan fingerprint density at radius 1 is 1.69 bits per heavy atom. The van der Waals surface area contributed by atoms with Crippen molar-refractivity contribution in [3.8, 4) is 0 Å². The van der Waals surface area contributed by atoms with Gasteiger partial charge in [-0.3, -0.25) is 4.68 Å². The summed E-state index contributed by atoms with van der Waals surface area (Å²) in [6.07, 6.45) is 5.33. The predicted molar refractivity (Wildman–Crippen MR) is 52.9 cm³/mol. The number of hydrogen-bond acceptors (Lipinski definition) is 2. The zero-order chi connectivity index (χ0) is 9.26. The number of halogens is 1. The van der Waals surface area contributed by atoms with Crippen molar-refractivity contribution in [2.45, 2.75) is 25.3 Å². The van der Waals surface area contributed by atoms with Crippen LogP contribution in [-0.2, 0) is 13.5 Å². The topological polar surface area (TPSA) is 29.9 Å². The molecule has 2 rings (SSSR count). The number of aryl methyl sites for hydroxylation is 1. The second kappa shape index (κ2) is 3.68.